The Morgan fingerprint density at radius 1 is 1.39 bits per heavy atom. The van der Waals surface area contributed by atoms with Crippen LogP contribution in [-0.2, 0) is 10.0 Å². The number of nitrogens with two attached hydrogens (primary N) is 1. The van der Waals surface area contributed by atoms with Crippen LogP contribution < -0.4 is 10.5 Å². The van der Waals surface area contributed by atoms with Gasteiger partial charge in [0.15, 0.2) is 0 Å². The van der Waals surface area contributed by atoms with Gasteiger partial charge in [-0.15, -0.1) is 0 Å². The maximum Gasteiger partial charge on any atom is 0.240 e. The fourth-order valence-electron chi connectivity index (χ4n) is 1.71. The van der Waals surface area contributed by atoms with Crippen molar-refractivity contribution in [1.82, 2.24) is 4.72 Å². The van der Waals surface area contributed by atoms with Crippen LogP contribution in [0.2, 0.25) is 0 Å². The quantitative estimate of drug-likeness (QED) is 0.794. The molecular formula is C13H16N2O2S. The molecule has 0 bridgehead atoms. The Balaban J connectivity index is 2.21. The summed E-state index contributed by atoms with van der Waals surface area (Å²) in [5, 5.41) is 0. The topological polar surface area (TPSA) is 72.2 Å². The van der Waals surface area contributed by atoms with E-state index in [2.05, 4.69) is 16.6 Å². The van der Waals surface area contributed by atoms with Gasteiger partial charge >= 0.3 is 0 Å². The largest absolute Gasteiger partial charge is 0.320 e. The van der Waals surface area contributed by atoms with E-state index >= 15 is 0 Å². The summed E-state index contributed by atoms with van der Waals surface area (Å²) in [4.78, 5) is 0.262. The zero-order valence-corrected chi connectivity index (χ0v) is 10.8. The maximum absolute atomic E-state index is 12.1. The lowest BCUT2D eigenvalue weighted by atomic mass is 9.94. The Bertz CT molecular complexity index is 580. The summed E-state index contributed by atoms with van der Waals surface area (Å²) in [6, 6.07) is 6.70. The fourth-order valence-corrected chi connectivity index (χ4v) is 3.06. The first-order valence-electron chi connectivity index (χ1n) is 5.93. The molecule has 1 aliphatic rings. The highest BCUT2D eigenvalue weighted by atomic mass is 32.2. The van der Waals surface area contributed by atoms with Crippen molar-refractivity contribution < 1.29 is 8.42 Å². The van der Waals surface area contributed by atoms with Gasteiger partial charge in [-0.2, -0.15) is 0 Å². The van der Waals surface area contributed by atoms with Gasteiger partial charge < -0.3 is 5.73 Å². The molecule has 3 N–H and O–H groups in total. The minimum Gasteiger partial charge on any atom is -0.320 e. The number of benzene rings is 1. The number of hydrogen-bond donors (Lipinski definition) is 2. The second kappa shape index (κ2) is 5.53. The molecule has 2 rings (SSSR count). The van der Waals surface area contributed by atoms with Gasteiger partial charge in [-0.1, -0.05) is 24.3 Å². The van der Waals surface area contributed by atoms with Crippen molar-refractivity contribution in [3.8, 4) is 11.8 Å². The Labute approximate surface area is 108 Å². The van der Waals surface area contributed by atoms with Crippen LogP contribution in [0.3, 0.4) is 0 Å². The third kappa shape index (κ3) is 3.10. The summed E-state index contributed by atoms with van der Waals surface area (Å²) >= 11 is 0. The first kappa shape index (κ1) is 13.1. The van der Waals surface area contributed by atoms with Crippen LogP contribution in [0.4, 0.5) is 0 Å². The van der Waals surface area contributed by atoms with Crippen LogP contribution in [0.5, 0.6) is 0 Å². The highest BCUT2D eigenvalue weighted by Crippen LogP contribution is 2.21. The Morgan fingerprint density at radius 2 is 2.17 bits per heavy atom. The van der Waals surface area contributed by atoms with Crippen LogP contribution in [-0.4, -0.2) is 21.0 Å². The summed E-state index contributed by atoms with van der Waals surface area (Å²) in [5.74, 6) is 5.54. The summed E-state index contributed by atoms with van der Waals surface area (Å²) in [6.45, 7) is 0.261. The second-order valence-electron chi connectivity index (χ2n) is 4.28. The van der Waals surface area contributed by atoms with Crippen molar-refractivity contribution in [3.63, 3.8) is 0 Å². The van der Waals surface area contributed by atoms with Gasteiger partial charge in [0.2, 0.25) is 10.0 Å². The minimum atomic E-state index is -3.42. The SMILES string of the molecule is NCC#Cc1cccc(S(=O)(=O)NC2CCC2)c1. The molecule has 0 unspecified atom stereocenters. The highest BCUT2D eigenvalue weighted by Gasteiger charge is 2.24. The predicted molar refractivity (Wildman–Crippen MR) is 70.3 cm³/mol. The van der Waals surface area contributed by atoms with Gasteiger partial charge in [0.1, 0.15) is 0 Å². The molecule has 1 fully saturated rings. The molecule has 96 valence electrons. The van der Waals surface area contributed by atoms with Gasteiger partial charge in [-0.25, -0.2) is 13.1 Å². The molecule has 4 nitrogen and oxygen atoms in total. The van der Waals surface area contributed by atoms with Crippen molar-refractivity contribution in [2.45, 2.75) is 30.2 Å². The average Bonchev–Trinajstić information content (AvgIpc) is 2.32. The van der Waals surface area contributed by atoms with Gasteiger partial charge in [-0.05, 0) is 31.0 Å². The molecule has 0 radical (unpaired) electrons. The molecule has 5 heteroatoms. The van der Waals surface area contributed by atoms with Gasteiger partial charge in [0.05, 0.1) is 11.4 Å². The Kier molecular flexibility index (Phi) is 4.02. The normalized spacial score (nSPS) is 15.6. The number of hydrogen-bond acceptors (Lipinski definition) is 3. The number of rotatable bonds is 3. The van der Waals surface area contributed by atoms with Crippen molar-refractivity contribution in [2.24, 2.45) is 5.73 Å². The standard InChI is InChI=1S/C13H16N2O2S/c14-9-3-5-11-4-1-8-13(10-11)18(16,17)15-12-6-2-7-12/h1,4,8,10,12,15H,2,6-7,9,14H2. The molecular weight excluding hydrogens is 248 g/mol. The summed E-state index contributed by atoms with van der Waals surface area (Å²) in [6.07, 6.45) is 2.94. The highest BCUT2D eigenvalue weighted by molar-refractivity contribution is 7.89. The van der Waals surface area contributed by atoms with Crippen LogP contribution in [0, 0.1) is 11.8 Å². The lowest BCUT2D eigenvalue weighted by Crippen LogP contribution is -2.39. The third-order valence-corrected chi connectivity index (χ3v) is 4.42. The molecule has 1 aromatic rings. The molecule has 0 aliphatic heterocycles. The van der Waals surface area contributed by atoms with E-state index in [1.54, 1.807) is 24.3 Å². The summed E-state index contributed by atoms with van der Waals surface area (Å²) in [7, 11) is -3.42. The monoisotopic (exact) mass is 264 g/mol. The first-order valence-corrected chi connectivity index (χ1v) is 7.41. The van der Waals surface area contributed by atoms with E-state index in [9.17, 15) is 8.42 Å². The molecule has 0 aromatic heterocycles. The minimum absolute atomic E-state index is 0.0915. The van der Waals surface area contributed by atoms with E-state index in [1.807, 2.05) is 0 Å². The lowest BCUT2D eigenvalue weighted by molar-refractivity contribution is 0.383. The average molecular weight is 264 g/mol. The van der Waals surface area contributed by atoms with E-state index in [-0.39, 0.29) is 17.5 Å². The zero-order chi connectivity index (χ0) is 13.0. The van der Waals surface area contributed by atoms with Gasteiger partial charge in [0.25, 0.3) is 0 Å². The van der Waals surface area contributed by atoms with Crippen molar-refractivity contribution in [1.29, 1.82) is 0 Å². The van der Waals surface area contributed by atoms with Crippen molar-refractivity contribution in [3.05, 3.63) is 29.8 Å². The van der Waals surface area contributed by atoms with E-state index in [1.165, 1.54) is 0 Å². The number of nitrogens with one attached hydrogen (secondary N) is 1. The van der Waals surface area contributed by atoms with Gasteiger partial charge in [0, 0.05) is 11.6 Å². The second-order valence-corrected chi connectivity index (χ2v) is 6.00. The molecule has 0 atom stereocenters. The van der Waals surface area contributed by atoms with E-state index in [0.29, 0.717) is 5.56 Å². The third-order valence-electron chi connectivity index (χ3n) is 2.91. The maximum atomic E-state index is 12.1. The Morgan fingerprint density at radius 3 is 2.78 bits per heavy atom. The molecule has 0 saturated heterocycles. The van der Waals surface area contributed by atoms with Crippen molar-refractivity contribution in [2.75, 3.05) is 6.54 Å². The van der Waals surface area contributed by atoms with Crippen LogP contribution in [0.15, 0.2) is 29.2 Å². The fraction of sp³-hybridized carbons (Fsp3) is 0.385. The summed E-state index contributed by atoms with van der Waals surface area (Å²) < 4.78 is 26.8. The van der Waals surface area contributed by atoms with E-state index < -0.39 is 10.0 Å². The molecule has 0 amide bonds. The molecule has 1 aromatic carbocycles. The van der Waals surface area contributed by atoms with Crippen LogP contribution in [0.1, 0.15) is 24.8 Å². The predicted octanol–water partition coefficient (Wildman–Crippen LogP) is 0.828. The Hall–Kier alpha value is -1.35. The lowest BCUT2D eigenvalue weighted by Gasteiger charge is -2.26. The van der Waals surface area contributed by atoms with E-state index in [4.69, 9.17) is 5.73 Å². The molecule has 18 heavy (non-hydrogen) atoms. The van der Waals surface area contributed by atoms with Crippen LogP contribution in [0.25, 0.3) is 0 Å². The smallest absolute Gasteiger partial charge is 0.240 e. The molecule has 1 aliphatic carbocycles. The molecule has 1 saturated carbocycles. The van der Waals surface area contributed by atoms with Crippen molar-refractivity contribution >= 4 is 10.0 Å². The van der Waals surface area contributed by atoms with E-state index in [0.717, 1.165) is 19.3 Å². The number of sulfonamides is 1. The zero-order valence-electron chi connectivity index (χ0n) is 10.0. The molecule has 0 heterocycles. The van der Waals surface area contributed by atoms with Gasteiger partial charge in [-0.3, -0.25) is 0 Å². The first-order chi connectivity index (χ1) is 8.62. The molecule has 0 spiro atoms. The van der Waals surface area contributed by atoms with Crippen LogP contribution >= 0.6 is 0 Å². The summed E-state index contributed by atoms with van der Waals surface area (Å²) in [5.41, 5.74) is 5.95.